The molecular formula is C16H12N4O3. The molecule has 0 saturated carbocycles. The lowest BCUT2D eigenvalue weighted by molar-refractivity contribution is 0.103. The van der Waals surface area contributed by atoms with Crippen LogP contribution in [0.1, 0.15) is 15.9 Å². The van der Waals surface area contributed by atoms with Crippen LogP contribution in [0.15, 0.2) is 53.6 Å². The van der Waals surface area contributed by atoms with Crippen LogP contribution in [0.3, 0.4) is 0 Å². The molecule has 0 unspecified atom stereocenters. The Labute approximate surface area is 129 Å². The maximum Gasteiger partial charge on any atom is 0.325 e. The van der Waals surface area contributed by atoms with Crippen molar-refractivity contribution in [3.63, 3.8) is 0 Å². The first-order chi connectivity index (χ1) is 10.7. The van der Waals surface area contributed by atoms with Crippen LogP contribution in [0, 0.1) is 0 Å². The Bertz CT molecular complexity index is 1070. The van der Waals surface area contributed by atoms with Gasteiger partial charge < -0.3 is 10.5 Å². The molecule has 0 spiro atoms. The zero-order valence-electron chi connectivity index (χ0n) is 11.8. The quantitative estimate of drug-likeness (QED) is 0.540. The lowest BCUT2D eigenvalue weighted by Gasteiger charge is -2.03. The predicted octanol–water partition coefficient (Wildman–Crippen LogP) is 1.21. The lowest BCUT2D eigenvalue weighted by Crippen LogP contribution is -2.01. The molecule has 3 aromatic heterocycles. The van der Waals surface area contributed by atoms with Crippen molar-refractivity contribution in [2.75, 3.05) is 0 Å². The molecule has 0 radical (unpaired) electrons. The number of hydrogen-bond donors (Lipinski definition) is 2. The Hall–Kier alpha value is -3.32. The van der Waals surface area contributed by atoms with Gasteiger partial charge >= 0.3 is 5.69 Å². The Morgan fingerprint density at radius 1 is 1.04 bits per heavy atom. The first-order valence-corrected chi connectivity index (χ1v) is 6.68. The summed E-state index contributed by atoms with van der Waals surface area (Å²) in [6.45, 7) is 0. The Balaban J connectivity index is 0.00000156. The highest BCUT2D eigenvalue weighted by Gasteiger charge is 2.11. The first kappa shape index (κ1) is 14.6. The summed E-state index contributed by atoms with van der Waals surface area (Å²) in [6.07, 6.45) is 3.16. The molecule has 0 aliphatic carbocycles. The third kappa shape index (κ3) is 2.49. The van der Waals surface area contributed by atoms with Crippen LogP contribution in [-0.2, 0) is 0 Å². The molecule has 7 nitrogen and oxygen atoms in total. The number of imidazole rings is 1. The standard InChI is InChI=1S/C16H10N4O2.H2O/c21-14(10-2-1-5-17-8-10)9-3-4-12-11(6-9)7-13-15(18-12)20-16(22)19-13;/h1-8H,(H2,18,19,20,22);1H2. The highest BCUT2D eigenvalue weighted by Crippen LogP contribution is 2.19. The van der Waals surface area contributed by atoms with Crippen LogP contribution in [0.5, 0.6) is 0 Å². The van der Waals surface area contributed by atoms with Crippen molar-refractivity contribution in [2.45, 2.75) is 0 Å². The number of aromatic amines is 2. The van der Waals surface area contributed by atoms with Gasteiger partial charge in [-0.05, 0) is 36.4 Å². The summed E-state index contributed by atoms with van der Waals surface area (Å²) in [4.78, 5) is 37.3. The van der Waals surface area contributed by atoms with E-state index in [2.05, 4.69) is 19.9 Å². The molecule has 0 amide bonds. The van der Waals surface area contributed by atoms with Gasteiger partial charge in [-0.1, -0.05) is 0 Å². The average Bonchev–Trinajstić information content (AvgIpc) is 2.91. The van der Waals surface area contributed by atoms with E-state index in [1.54, 1.807) is 42.6 Å². The van der Waals surface area contributed by atoms with Crippen LogP contribution in [-0.4, -0.2) is 31.2 Å². The van der Waals surface area contributed by atoms with Crippen molar-refractivity contribution in [3.05, 3.63) is 70.4 Å². The van der Waals surface area contributed by atoms with E-state index in [9.17, 15) is 9.59 Å². The summed E-state index contributed by atoms with van der Waals surface area (Å²) in [5.74, 6) is -0.0994. The molecule has 0 aliphatic heterocycles. The minimum Gasteiger partial charge on any atom is -0.412 e. The van der Waals surface area contributed by atoms with Gasteiger partial charge in [0, 0.05) is 28.9 Å². The number of H-pyrrole nitrogens is 2. The summed E-state index contributed by atoms with van der Waals surface area (Å²) in [5.41, 5.74) is 2.62. The van der Waals surface area contributed by atoms with Gasteiger partial charge in [-0.15, -0.1) is 0 Å². The molecule has 4 N–H and O–H groups in total. The van der Waals surface area contributed by atoms with E-state index in [1.807, 2.05) is 0 Å². The second-order valence-corrected chi connectivity index (χ2v) is 4.94. The molecule has 1 aromatic carbocycles. The van der Waals surface area contributed by atoms with E-state index in [4.69, 9.17) is 0 Å². The van der Waals surface area contributed by atoms with E-state index >= 15 is 0 Å². The normalized spacial score (nSPS) is 10.6. The predicted molar refractivity (Wildman–Crippen MR) is 85.5 cm³/mol. The fourth-order valence-corrected chi connectivity index (χ4v) is 2.43. The topological polar surface area (TPSA) is 123 Å². The Kier molecular flexibility index (Phi) is 3.47. The number of rotatable bonds is 2. The second kappa shape index (κ2) is 5.47. The third-order valence-electron chi connectivity index (χ3n) is 3.48. The molecule has 0 atom stereocenters. The van der Waals surface area contributed by atoms with Crippen molar-refractivity contribution in [1.29, 1.82) is 0 Å². The summed E-state index contributed by atoms with van der Waals surface area (Å²) in [6, 6.07) is 10.5. The first-order valence-electron chi connectivity index (χ1n) is 6.68. The van der Waals surface area contributed by atoms with Crippen LogP contribution in [0.4, 0.5) is 0 Å². The molecule has 7 heteroatoms. The largest absolute Gasteiger partial charge is 0.412 e. The summed E-state index contributed by atoms with van der Waals surface area (Å²) in [7, 11) is 0. The zero-order chi connectivity index (χ0) is 15.1. The Morgan fingerprint density at radius 3 is 2.70 bits per heavy atom. The highest BCUT2D eigenvalue weighted by atomic mass is 16.1. The van der Waals surface area contributed by atoms with Gasteiger partial charge in [0.1, 0.15) is 0 Å². The maximum absolute atomic E-state index is 12.4. The van der Waals surface area contributed by atoms with E-state index in [1.165, 1.54) is 6.20 Å². The van der Waals surface area contributed by atoms with Gasteiger partial charge in [-0.25, -0.2) is 9.78 Å². The van der Waals surface area contributed by atoms with Gasteiger partial charge in [0.05, 0.1) is 11.0 Å². The minimum atomic E-state index is -0.301. The molecule has 0 bridgehead atoms. The van der Waals surface area contributed by atoms with E-state index in [0.717, 1.165) is 5.39 Å². The SMILES string of the molecule is O.O=C(c1cccnc1)c1ccc2nc3[nH]c(=O)[nH]c3cc2c1. The number of ketones is 1. The number of aromatic nitrogens is 4. The van der Waals surface area contributed by atoms with Crippen LogP contribution in [0.2, 0.25) is 0 Å². The van der Waals surface area contributed by atoms with E-state index in [-0.39, 0.29) is 16.9 Å². The molecule has 3 heterocycles. The number of carbonyl (C=O) groups excluding carboxylic acids is 1. The molecule has 23 heavy (non-hydrogen) atoms. The monoisotopic (exact) mass is 308 g/mol. The summed E-state index contributed by atoms with van der Waals surface area (Å²) < 4.78 is 0. The van der Waals surface area contributed by atoms with Crippen LogP contribution in [0.25, 0.3) is 22.1 Å². The second-order valence-electron chi connectivity index (χ2n) is 4.94. The molecular weight excluding hydrogens is 296 g/mol. The van der Waals surface area contributed by atoms with E-state index < -0.39 is 0 Å². The van der Waals surface area contributed by atoms with Crippen LogP contribution >= 0.6 is 0 Å². The lowest BCUT2D eigenvalue weighted by atomic mass is 10.0. The van der Waals surface area contributed by atoms with E-state index in [0.29, 0.717) is 27.8 Å². The van der Waals surface area contributed by atoms with Gasteiger partial charge in [0.25, 0.3) is 0 Å². The zero-order valence-corrected chi connectivity index (χ0v) is 11.8. The average molecular weight is 308 g/mol. The van der Waals surface area contributed by atoms with Gasteiger partial charge in [0.15, 0.2) is 11.4 Å². The third-order valence-corrected chi connectivity index (χ3v) is 3.48. The van der Waals surface area contributed by atoms with Crippen molar-refractivity contribution < 1.29 is 10.3 Å². The number of carbonyl (C=O) groups is 1. The fourth-order valence-electron chi connectivity index (χ4n) is 2.43. The number of pyridine rings is 2. The van der Waals surface area contributed by atoms with Gasteiger partial charge in [-0.3, -0.25) is 14.8 Å². The number of nitrogens with zero attached hydrogens (tertiary/aromatic N) is 2. The minimum absolute atomic E-state index is 0. The van der Waals surface area contributed by atoms with Crippen molar-refractivity contribution in [3.8, 4) is 0 Å². The molecule has 4 aromatic rings. The maximum atomic E-state index is 12.4. The molecule has 4 rings (SSSR count). The highest BCUT2D eigenvalue weighted by molar-refractivity contribution is 6.10. The molecule has 0 aliphatic rings. The summed E-state index contributed by atoms with van der Waals surface area (Å²) in [5, 5.41) is 0.789. The van der Waals surface area contributed by atoms with Gasteiger partial charge in [-0.2, -0.15) is 0 Å². The smallest absolute Gasteiger partial charge is 0.325 e. The van der Waals surface area contributed by atoms with Crippen molar-refractivity contribution >= 4 is 27.9 Å². The number of benzene rings is 1. The Morgan fingerprint density at radius 2 is 1.91 bits per heavy atom. The number of fused-ring (bicyclic) bond motifs is 2. The van der Waals surface area contributed by atoms with Crippen molar-refractivity contribution in [1.82, 2.24) is 19.9 Å². The molecule has 114 valence electrons. The van der Waals surface area contributed by atoms with Crippen LogP contribution < -0.4 is 5.69 Å². The fraction of sp³-hybridized carbons (Fsp3) is 0. The molecule has 0 fully saturated rings. The number of nitrogens with one attached hydrogen (secondary N) is 2. The van der Waals surface area contributed by atoms with Gasteiger partial charge in [0.2, 0.25) is 0 Å². The van der Waals surface area contributed by atoms with Crippen molar-refractivity contribution in [2.24, 2.45) is 0 Å². The molecule has 0 saturated heterocycles. The number of hydrogen-bond acceptors (Lipinski definition) is 4. The summed E-state index contributed by atoms with van der Waals surface area (Å²) >= 11 is 0.